The van der Waals surface area contributed by atoms with E-state index in [1.807, 2.05) is 17.5 Å². The maximum absolute atomic E-state index is 12.4. The van der Waals surface area contributed by atoms with E-state index in [2.05, 4.69) is 41.5 Å². The zero-order valence-corrected chi connectivity index (χ0v) is 17.8. The molecule has 0 radical (unpaired) electrons. The maximum atomic E-state index is 12.4. The van der Waals surface area contributed by atoms with Gasteiger partial charge in [0.2, 0.25) is 0 Å². The number of fused-ring (bicyclic) bond motifs is 1. The van der Waals surface area contributed by atoms with Gasteiger partial charge in [-0.1, -0.05) is 29.8 Å². The molecule has 1 aromatic carbocycles. The summed E-state index contributed by atoms with van der Waals surface area (Å²) in [6, 6.07) is 14.1. The Bertz CT molecular complexity index is 1100. The first-order valence-electron chi connectivity index (χ1n) is 9.05. The van der Waals surface area contributed by atoms with E-state index in [0.717, 1.165) is 28.6 Å². The number of rotatable bonds is 7. The van der Waals surface area contributed by atoms with Crippen molar-refractivity contribution < 1.29 is 0 Å². The Morgan fingerprint density at radius 3 is 2.71 bits per heavy atom. The second kappa shape index (κ2) is 8.57. The standard InChI is InChI=1S/C21H20ClN3OS2/c1-15(11-19-3-2-9-27-19)24(13-16-4-6-17(22)7-5-16)14-18-12-20(26)25-8-10-28-21(25)23-18/h2-10,12,15H,11,13-14H2,1H3/t15-/m0/s1. The van der Waals surface area contributed by atoms with E-state index >= 15 is 0 Å². The summed E-state index contributed by atoms with van der Waals surface area (Å²) in [5.74, 6) is 0. The smallest absolute Gasteiger partial charge is 0.258 e. The van der Waals surface area contributed by atoms with Crippen molar-refractivity contribution >= 4 is 39.2 Å². The molecule has 0 N–H and O–H groups in total. The minimum Gasteiger partial charge on any atom is -0.290 e. The van der Waals surface area contributed by atoms with E-state index in [9.17, 15) is 4.79 Å². The highest BCUT2D eigenvalue weighted by Crippen LogP contribution is 2.20. The molecule has 0 amide bonds. The molecule has 0 aliphatic carbocycles. The molecule has 0 aliphatic rings. The van der Waals surface area contributed by atoms with Crippen LogP contribution in [0.4, 0.5) is 0 Å². The third-order valence-corrected chi connectivity index (χ3v) is 6.63. The molecule has 1 atom stereocenters. The normalized spacial score (nSPS) is 12.7. The summed E-state index contributed by atoms with van der Waals surface area (Å²) in [6.07, 6.45) is 2.73. The highest BCUT2D eigenvalue weighted by Gasteiger charge is 2.18. The molecular weight excluding hydrogens is 410 g/mol. The van der Waals surface area contributed by atoms with Gasteiger partial charge < -0.3 is 0 Å². The fourth-order valence-electron chi connectivity index (χ4n) is 3.22. The van der Waals surface area contributed by atoms with Crippen molar-refractivity contribution in [2.24, 2.45) is 0 Å². The van der Waals surface area contributed by atoms with Crippen LogP contribution in [0.2, 0.25) is 5.02 Å². The number of hydrogen-bond acceptors (Lipinski definition) is 5. The van der Waals surface area contributed by atoms with E-state index in [-0.39, 0.29) is 5.56 Å². The van der Waals surface area contributed by atoms with Crippen LogP contribution in [-0.4, -0.2) is 20.3 Å². The molecular formula is C21H20ClN3OS2. The topological polar surface area (TPSA) is 37.6 Å². The summed E-state index contributed by atoms with van der Waals surface area (Å²) < 4.78 is 1.59. The molecule has 7 heteroatoms. The van der Waals surface area contributed by atoms with Crippen LogP contribution >= 0.6 is 34.3 Å². The van der Waals surface area contributed by atoms with Crippen molar-refractivity contribution in [2.45, 2.75) is 32.5 Å². The molecule has 144 valence electrons. The summed E-state index contributed by atoms with van der Waals surface area (Å²) in [5, 5.41) is 4.73. The highest BCUT2D eigenvalue weighted by molar-refractivity contribution is 7.15. The molecule has 28 heavy (non-hydrogen) atoms. The van der Waals surface area contributed by atoms with E-state index in [1.165, 1.54) is 21.8 Å². The van der Waals surface area contributed by atoms with Gasteiger partial charge in [-0.05, 0) is 42.5 Å². The van der Waals surface area contributed by atoms with Gasteiger partial charge in [0.15, 0.2) is 4.96 Å². The first-order valence-corrected chi connectivity index (χ1v) is 11.2. The molecule has 3 heterocycles. The van der Waals surface area contributed by atoms with Crippen molar-refractivity contribution in [3.63, 3.8) is 0 Å². The number of thiophene rings is 1. The van der Waals surface area contributed by atoms with Gasteiger partial charge in [0.05, 0.1) is 5.69 Å². The van der Waals surface area contributed by atoms with E-state index in [1.54, 1.807) is 28.0 Å². The molecule has 0 saturated heterocycles. The zero-order valence-electron chi connectivity index (χ0n) is 15.4. The highest BCUT2D eigenvalue weighted by atomic mass is 35.5. The summed E-state index contributed by atoms with van der Waals surface area (Å²) in [5.41, 5.74) is 1.97. The molecule has 3 aromatic heterocycles. The molecule has 0 fully saturated rings. The summed E-state index contributed by atoms with van der Waals surface area (Å²) in [4.78, 5) is 21.5. The maximum Gasteiger partial charge on any atom is 0.258 e. The lowest BCUT2D eigenvalue weighted by atomic mass is 10.1. The second-order valence-electron chi connectivity index (χ2n) is 6.81. The zero-order chi connectivity index (χ0) is 19.5. The number of benzene rings is 1. The fraction of sp³-hybridized carbons (Fsp3) is 0.238. The first kappa shape index (κ1) is 19.3. The summed E-state index contributed by atoms with van der Waals surface area (Å²) >= 11 is 9.30. The Balaban J connectivity index is 1.60. The van der Waals surface area contributed by atoms with Crippen LogP contribution in [0.1, 0.15) is 23.1 Å². The SMILES string of the molecule is C[C@@H](Cc1cccs1)N(Cc1ccc(Cl)cc1)Cc1cc(=O)n2ccsc2n1. The Morgan fingerprint density at radius 2 is 1.96 bits per heavy atom. The average Bonchev–Trinajstić information content (AvgIpc) is 3.35. The largest absolute Gasteiger partial charge is 0.290 e. The first-order chi connectivity index (χ1) is 13.6. The molecule has 4 nitrogen and oxygen atoms in total. The van der Waals surface area contributed by atoms with E-state index in [4.69, 9.17) is 16.6 Å². The number of thiazole rings is 1. The second-order valence-corrected chi connectivity index (χ2v) is 9.15. The lowest BCUT2D eigenvalue weighted by molar-refractivity contribution is 0.188. The molecule has 0 spiro atoms. The number of nitrogens with zero attached hydrogens (tertiary/aromatic N) is 3. The van der Waals surface area contributed by atoms with Gasteiger partial charge in [-0.2, -0.15) is 0 Å². The Morgan fingerprint density at radius 1 is 1.14 bits per heavy atom. The van der Waals surface area contributed by atoms with Crippen molar-refractivity contribution in [1.29, 1.82) is 0 Å². The van der Waals surface area contributed by atoms with E-state index < -0.39 is 0 Å². The number of hydrogen-bond donors (Lipinski definition) is 0. The van der Waals surface area contributed by atoms with Gasteiger partial charge in [-0.15, -0.1) is 22.7 Å². The molecule has 0 aliphatic heterocycles. The van der Waals surface area contributed by atoms with Crippen LogP contribution in [0, 0.1) is 0 Å². The Kier molecular flexibility index (Phi) is 5.92. The van der Waals surface area contributed by atoms with Gasteiger partial charge in [-0.3, -0.25) is 14.1 Å². The predicted molar refractivity (Wildman–Crippen MR) is 118 cm³/mol. The predicted octanol–water partition coefficient (Wildman–Crippen LogP) is 5.10. The molecule has 4 aromatic rings. The van der Waals surface area contributed by atoms with Gasteiger partial charge in [-0.25, -0.2) is 4.98 Å². The van der Waals surface area contributed by atoms with Crippen molar-refractivity contribution in [3.05, 3.63) is 90.9 Å². The monoisotopic (exact) mass is 429 g/mol. The Labute approximate surface area is 176 Å². The quantitative estimate of drug-likeness (QED) is 0.410. The number of aromatic nitrogens is 2. The van der Waals surface area contributed by atoms with Crippen LogP contribution in [0.25, 0.3) is 4.96 Å². The third-order valence-electron chi connectivity index (χ3n) is 4.72. The van der Waals surface area contributed by atoms with Gasteiger partial charge in [0.1, 0.15) is 0 Å². The minimum absolute atomic E-state index is 0.0291. The number of halogens is 1. The minimum atomic E-state index is -0.0291. The van der Waals surface area contributed by atoms with Crippen LogP contribution in [0.15, 0.2) is 64.2 Å². The lowest BCUT2D eigenvalue weighted by Crippen LogP contribution is -2.34. The molecule has 0 unspecified atom stereocenters. The van der Waals surface area contributed by atoms with Gasteiger partial charge >= 0.3 is 0 Å². The Hall–Kier alpha value is -1.99. The molecule has 0 saturated carbocycles. The summed E-state index contributed by atoms with van der Waals surface area (Å²) in [7, 11) is 0. The van der Waals surface area contributed by atoms with Crippen molar-refractivity contribution in [3.8, 4) is 0 Å². The lowest BCUT2D eigenvalue weighted by Gasteiger charge is -2.29. The van der Waals surface area contributed by atoms with Crippen molar-refractivity contribution in [2.75, 3.05) is 0 Å². The van der Waals surface area contributed by atoms with Crippen molar-refractivity contribution in [1.82, 2.24) is 14.3 Å². The third kappa shape index (κ3) is 4.52. The van der Waals surface area contributed by atoms with Crippen LogP contribution in [-0.2, 0) is 19.5 Å². The van der Waals surface area contributed by atoms with Crippen LogP contribution < -0.4 is 5.56 Å². The molecule has 4 rings (SSSR count). The molecule has 0 bridgehead atoms. The summed E-state index contributed by atoms with van der Waals surface area (Å²) in [6.45, 7) is 3.63. The van der Waals surface area contributed by atoms with Gasteiger partial charge in [0.25, 0.3) is 5.56 Å². The van der Waals surface area contributed by atoms with Crippen LogP contribution in [0.3, 0.4) is 0 Å². The van der Waals surface area contributed by atoms with Crippen LogP contribution in [0.5, 0.6) is 0 Å². The van der Waals surface area contributed by atoms with E-state index in [0.29, 0.717) is 12.6 Å². The van der Waals surface area contributed by atoms with Gasteiger partial charge in [0, 0.05) is 46.7 Å². The fourth-order valence-corrected chi connectivity index (χ4v) is 4.91. The average molecular weight is 430 g/mol.